The lowest BCUT2D eigenvalue weighted by Crippen LogP contribution is -2.53. The Labute approximate surface area is 86.6 Å². The Hall–Kier alpha value is -1.17. The number of amides is 2. The van der Waals surface area contributed by atoms with E-state index in [4.69, 9.17) is 6.42 Å². The normalized spacial score (nSPS) is 11.7. The van der Waals surface area contributed by atoms with Crippen LogP contribution in [0.25, 0.3) is 0 Å². The van der Waals surface area contributed by atoms with Crippen LogP contribution in [0.5, 0.6) is 0 Å². The second kappa shape index (κ2) is 4.36. The van der Waals surface area contributed by atoms with Crippen LogP contribution in [0.4, 0.5) is 4.79 Å². The van der Waals surface area contributed by atoms with Gasteiger partial charge in [0, 0.05) is 5.54 Å². The summed E-state index contributed by atoms with van der Waals surface area (Å²) in [4.78, 5) is 11.5. The van der Waals surface area contributed by atoms with Gasteiger partial charge in [0.05, 0.1) is 5.54 Å². The van der Waals surface area contributed by atoms with Crippen molar-refractivity contribution in [2.45, 2.75) is 52.1 Å². The first kappa shape index (κ1) is 12.8. The molecule has 0 bridgehead atoms. The molecule has 0 unspecified atom stereocenters. The van der Waals surface area contributed by atoms with Crippen LogP contribution in [0.15, 0.2) is 0 Å². The van der Waals surface area contributed by atoms with Crippen molar-refractivity contribution in [3.05, 3.63) is 0 Å². The minimum absolute atomic E-state index is 0.200. The molecule has 0 saturated carbocycles. The fourth-order valence-corrected chi connectivity index (χ4v) is 0.747. The summed E-state index contributed by atoms with van der Waals surface area (Å²) in [6.45, 7) is 9.52. The van der Waals surface area contributed by atoms with Crippen LogP contribution in [-0.4, -0.2) is 17.1 Å². The van der Waals surface area contributed by atoms with E-state index in [0.29, 0.717) is 0 Å². The monoisotopic (exact) mass is 196 g/mol. The van der Waals surface area contributed by atoms with E-state index in [-0.39, 0.29) is 11.6 Å². The standard InChI is InChI=1S/C11H20N2O/c1-7-10(3,4)12-9(14)13-11(5,6)8-2/h1H,8H2,2-6H3,(H2,12,13,14). The first-order valence-corrected chi connectivity index (χ1v) is 4.80. The molecule has 0 aliphatic carbocycles. The Kier molecular flexibility index (Phi) is 4.00. The number of hydrogen-bond donors (Lipinski definition) is 2. The summed E-state index contributed by atoms with van der Waals surface area (Å²) in [5, 5.41) is 5.56. The smallest absolute Gasteiger partial charge is 0.316 e. The van der Waals surface area contributed by atoms with E-state index in [1.807, 2.05) is 20.8 Å². The van der Waals surface area contributed by atoms with E-state index < -0.39 is 5.54 Å². The maximum absolute atomic E-state index is 11.5. The fraction of sp³-hybridized carbons (Fsp3) is 0.727. The number of carbonyl (C=O) groups excluding carboxylic acids is 1. The third kappa shape index (κ3) is 4.76. The quantitative estimate of drug-likeness (QED) is 0.665. The van der Waals surface area contributed by atoms with Gasteiger partial charge in [0.15, 0.2) is 0 Å². The van der Waals surface area contributed by atoms with Crippen LogP contribution >= 0.6 is 0 Å². The van der Waals surface area contributed by atoms with Gasteiger partial charge in [0.2, 0.25) is 0 Å². The molecule has 0 atom stereocenters. The van der Waals surface area contributed by atoms with Crippen LogP contribution in [0.2, 0.25) is 0 Å². The molecule has 0 saturated heterocycles. The van der Waals surface area contributed by atoms with Gasteiger partial charge in [-0.2, -0.15) is 0 Å². The highest BCUT2D eigenvalue weighted by Crippen LogP contribution is 2.07. The van der Waals surface area contributed by atoms with Gasteiger partial charge in [-0.05, 0) is 34.1 Å². The molecule has 2 amide bonds. The van der Waals surface area contributed by atoms with Gasteiger partial charge >= 0.3 is 6.03 Å². The van der Waals surface area contributed by atoms with E-state index in [2.05, 4.69) is 16.6 Å². The van der Waals surface area contributed by atoms with E-state index in [9.17, 15) is 4.79 Å². The van der Waals surface area contributed by atoms with Gasteiger partial charge in [0.1, 0.15) is 0 Å². The second-order valence-electron chi connectivity index (χ2n) is 4.59. The van der Waals surface area contributed by atoms with Crippen LogP contribution < -0.4 is 10.6 Å². The average Bonchev–Trinajstić information content (AvgIpc) is 2.02. The number of nitrogens with one attached hydrogen (secondary N) is 2. The van der Waals surface area contributed by atoms with Gasteiger partial charge in [0.25, 0.3) is 0 Å². The van der Waals surface area contributed by atoms with Gasteiger partial charge in [-0.15, -0.1) is 6.42 Å². The van der Waals surface area contributed by atoms with Crippen molar-refractivity contribution in [3.63, 3.8) is 0 Å². The third-order valence-electron chi connectivity index (χ3n) is 2.12. The van der Waals surface area contributed by atoms with Crippen molar-refractivity contribution in [3.8, 4) is 12.3 Å². The number of urea groups is 1. The summed E-state index contributed by atoms with van der Waals surface area (Å²) in [7, 11) is 0. The molecule has 0 aromatic heterocycles. The SMILES string of the molecule is C#CC(C)(C)NC(=O)NC(C)(C)CC. The van der Waals surface area contributed by atoms with Crippen molar-refractivity contribution < 1.29 is 4.79 Å². The summed E-state index contributed by atoms with van der Waals surface area (Å²) in [5.41, 5.74) is -0.803. The zero-order valence-corrected chi connectivity index (χ0v) is 9.69. The van der Waals surface area contributed by atoms with Crippen molar-refractivity contribution in [2.75, 3.05) is 0 Å². The predicted octanol–water partition coefficient (Wildman–Crippen LogP) is 1.89. The van der Waals surface area contributed by atoms with Crippen molar-refractivity contribution in [1.29, 1.82) is 0 Å². The predicted molar refractivity (Wildman–Crippen MR) is 58.9 cm³/mol. The minimum Gasteiger partial charge on any atom is -0.333 e. The molecule has 0 radical (unpaired) electrons. The summed E-state index contributed by atoms with van der Waals surface area (Å²) in [5.74, 6) is 2.50. The van der Waals surface area contributed by atoms with Crippen LogP contribution in [0, 0.1) is 12.3 Å². The maximum atomic E-state index is 11.5. The van der Waals surface area contributed by atoms with Gasteiger partial charge in [-0.1, -0.05) is 12.8 Å². The summed E-state index contributed by atoms with van der Waals surface area (Å²) < 4.78 is 0. The van der Waals surface area contributed by atoms with Crippen molar-refractivity contribution >= 4 is 6.03 Å². The second-order valence-corrected chi connectivity index (χ2v) is 4.59. The molecule has 80 valence electrons. The molecule has 14 heavy (non-hydrogen) atoms. The number of terminal acetylenes is 1. The summed E-state index contributed by atoms with van der Waals surface area (Å²) >= 11 is 0. The Morgan fingerprint density at radius 1 is 1.29 bits per heavy atom. The van der Waals surface area contributed by atoms with E-state index >= 15 is 0 Å². The lowest BCUT2D eigenvalue weighted by Gasteiger charge is -2.27. The van der Waals surface area contributed by atoms with Crippen LogP contribution in [0.1, 0.15) is 41.0 Å². The van der Waals surface area contributed by atoms with Gasteiger partial charge in [-0.3, -0.25) is 0 Å². The van der Waals surface area contributed by atoms with Gasteiger partial charge < -0.3 is 10.6 Å². The minimum atomic E-state index is -0.603. The Balaban J connectivity index is 4.21. The highest BCUT2D eigenvalue weighted by molar-refractivity contribution is 5.76. The largest absolute Gasteiger partial charge is 0.333 e. The number of hydrogen-bond acceptors (Lipinski definition) is 1. The first-order chi connectivity index (χ1) is 6.22. The number of carbonyl (C=O) groups is 1. The molecule has 0 aromatic rings. The Morgan fingerprint density at radius 2 is 1.79 bits per heavy atom. The van der Waals surface area contributed by atoms with Crippen LogP contribution in [-0.2, 0) is 0 Å². The maximum Gasteiger partial charge on any atom is 0.316 e. The van der Waals surface area contributed by atoms with Crippen LogP contribution in [0.3, 0.4) is 0 Å². The molecule has 3 heteroatoms. The first-order valence-electron chi connectivity index (χ1n) is 4.80. The van der Waals surface area contributed by atoms with Crippen molar-refractivity contribution in [2.24, 2.45) is 0 Å². The molecule has 0 heterocycles. The summed E-state index contributed by atoms with van der Waals surface area (Å²) in [6.07, 6.45) is 6.13. The zero-order chi connectivity index (χ0) is 11.4. The highest BCUT2D eigenvalue weighted by Gasteiger charge is 2.22. The molecule has 0 spiro atoms. The zero-order valence-electron chi connectivity index (χ0n) is 9.69. The molecule has 0 aliphatic heterocycles. The highest BCUT2D eigenvalue weighted by atomic mass is 16.2. The van der Waals surface area contributed by atoms with Gasteiger partial charge in [-0.25, -0.2) is 4.79 Å². The molecule has 0 fully saturated rings. The Bertz CT molecular complexity index is 249. The molecule has 3 nitrogen and oxygen atoms in total. The topological polar surface area (TPSA) is 41.1 Å². The fourth-order valence-electron chi connectivity index (χ4n) is 0.747. The molecule has 0 rings (SSSR count). The summed E-state index contributed by atoms with van der Waals surface area (Å²) in [6, 6.07) is -0.222. The lowest BCUT2D eigenvalue weighted by molar-refractivity contribution is 0.223. The lowest BCUT2D eigenvalue weighted by atomic mass is 10.0. The third-order valence-corrected chi connectivity index (χ3v) is 2.12. The molecule has 2 N–H and O–H groups in total. The molecule has 0 aromatic carbocycles. The molecular formula is C11H20N2O. The molecule has 0 aliphatic rings. The van der Waals surface area contributed by atoms with E-state index in [1.54, 1.807) is 13.8 Å². The average molecular weight is 196 g/mol. The van der Waals surface area contributed by atoms with E-state index in [1.165, 1.54) is 0 Å². The molecular weight excluding hydrogens is 176 g/mol. The van der Waals surface area contributed by atoms with Crippen molar-refractivity contribution in [1.82, 2.24) is 10.6 Å². The number of rotatable bonds is 3. The van der Waals surface area contributed by atoms with E-state index in [0.717, 1.165) is 6.42 Å². The Morgan fingerprint density at radius 3 is 2.14 bits per heavy atom.